The first kappa shape index (κ1) is 59.9. The van der Waals surface area contributed by atoms with Crippen molar-refractivity contribution in [3.63, 3.8) is 0 Å². The Bertz CT molecular complexity index is 768. The van der Waals surface area contributed by atoms with Gasteiger partial charge in [0.05, 0.1) is 0 Å². The molecule has 0 aliphatic rings. The van der Waals surface area contributed by atoms with Crippen LogP contribution in [0.1, 0.15) is 100 Å². The average molecular weight is 880 g/mol. The Kier molecular flexibility index (Phi) is 57.4. The predicted molar refractivity (Wildman–Crippen MR) is 249 cm³/mol. The Labute approximate surface area is 360 Å². The molecule has 1 rings (SSSR count). The molecule has 0 saturated heterocycles. The van der Waals surface area contributed by atoms with Crippen LogP contribution in [-0.4, -0.2) is 126 Å². The summed E-state index contributed by atoms with van der Waals surface area (Å²) < 4.78 is 26.1. The van der Waals surface area contributed by atoms with Crippen molar-refractivity contribution >= 4 is 59.1 Å². The minimum atomic E-state index is 0.615. The van der Waals surface area contributed by atoms with Gasteiger partial charge in [-0.25, -0.2) is 10.2 Å². The lowest BCUT2D eigenvalue weighted by molar-refractivity contribution is -0.432. The standard InChI is InChI=1S/C12H22N2OS.C10H22OS.C9H21NOS.C9H20O4S2/c1-11(2)10-15-7-3-8-16-9-4-12-13-5-6-14-12;1-4-7-12-8-5-6-11-9-10(2)3;1-9(2)8-11-5-3-6-12-7-4-10;1-9(2)8-11-4-3-5-14-6-7-15-13-12-10/h5-6,11H,3-4,7-10H2,1-2H3,(H,13,14);10H,4-9H2,1-3H3;9H,3-8,10H2,1-2H3;9-10H,3-8H2,1-2H3. The fourth-order valence-corrected chi connectivity index (χ4v) is 7.47. The maximum absolute atomic E-state index is 7.84. The quantitative estimate of drug-likeness (QED) is 0.0256. The van der Waals surface area contributed by atoms with Crippen LogP contribution in [0.3, 0.4) is 0 Å². The Balaban J connectivity index is -0.000000661. The van der Waals surface area contributed by atoms with E-state index in [4.69, 9.17) is 29.9 Å². The number of hydrogen-bond acceptors (Lipinski definition) is 14. The molecule has 1 heterocycles. The third kappa shape index (κ3) is 64.0. The molecule has 0 radical (unpaired) electrons. The molecule has 1 aromatic heterocycles. The zero-order chi connectivity index (χ0) is 41.5. The summed E-state index contributed by atoms with van der Waals surface area (Å²) in [4.78, 5) is 7.30. The van der Waals surface area contributed by atoms with Gasteiger partial charge in [0.25, 0.3) is 0 Å². The Morgan fingerprint density at radius 3 is 1.38 bits per heavy atom. The van der Waals surface area contributed by atoms with Crippen LogP contribution >= 0.6 is 59.1 Å². The van der Waals surface area contributed by atoms with E-state index in [1.165, 1.54) is 35.9 Å². The third-order valence-corrected chi connectivity index (χ3v) is 11.5. The Hall–Kier alpha value is 0.640. The van der Waals surface area contributed by atoms with E-state index in [0.29, 0.717) is 23.7 Å². The van der Waals surface area contributed by atoms with Gasteiger partial charge in [-0.3, -0.25) is 0 Å². The molecule has 0 bridgehead atoms. The summed E-state index contributed by atoms with van der Waals surface area (Å²) in [6, 6.07) is 0. The first-order chi connectivity index (χ1) is 26.6. The number of hydrogen-bond donors (Lipinski definition) is 3. The van der Waals surface area contributed by atoms with Gasteiger partial charge >= 0.3 is 0 Å². The van der Waals surface area contributed by atoms with Gasteiger partial charge < -0.3 is 29.7 Å². The van der Waals surface area contributed by atoms with Gasteiger partial charge in [-0.15, -0.1) is 4.33 Å². The lowest BCUT2D eigenvalue weighted by Gasteiger charge is -2.06. The summed E-state index contributed by atoms with van der Waals surface area (Å²) in [7, 11) is 0. The fraction of sp³-hybridized carbons (Fsp3) is 0.925. The van der Waals surface area contributed by atoms with Crippen molar-refractivity contribution in [1.29, 1.82) is 0 Å². The number of nitrogens with zero attached hydrogens (tertiary/aromatic N) is 1. The molecular weight excluding hydrogens is 795 g/mol. The third-order valence-electron chi connectivity index (χ3n) is 6.15. The molecule has 0 unspecified atom stereocenters. The molecule has 0 fully saturated rings. The molecule has 0 amide bonds. The molecule has 0 spiro atoms. The van der Waals surface area contributed by atoms with Gasteiger partial charge in [0.2, 0.25) is 0 Å². The van der Waals surface area contributed by atoms with Crippen LogP contribution in [0.4, 0.5) is 0 Å². The summed E-state index contributed by atoms with van der Waals surface area (Å²) in [6.07, 6.45) is 10.6. The number of aromatic amines is 1. The minimum absolute atomic E-state index is 0.615. The number of aryl methyl sites for hydroxylation is 1. The van der Waals surface area contributed by atoms with E-state index in [0.717, 1.165) is 132 Å². The highest BCUT2D eigenvalue weighted by atomic mass is 32.2. The predicted octanol–water partition coefficient (Wildman–Crippen LogP) is 10.5. The largest absolute Gasteiger partial charge is 0.381 e. The smallest absolute Gasteiger partial charge is 0.106 e. The monoisotopic (exact) mass is 879 g/mol. The van der Waals surface area contributed by atoms with Crippen molar-refractivity contribution < 1.29 is 33.6 Å². The molecule has 0 saturated carbocycles. The van der Waals surface area contributed by atoms with E-state index >= 15 is 0 Å². The van der Waals surface area contributed by atoms with Crippen molar-refractivity contribution in [1.82, 2.24) is 9.97 Å². The zero-order valence-corrected chi connectivity index (χ0v) is 40.5. The van der Waals surface area contributed by atoms with Gasteiger partial charge in [0.15, 0.2) is 0 Å². The van der Waals surface area contributed by atoms with Crippen LogP contribution in [0.2, 0.25) is 0 Å². The van der Waals surface area contributed by atoms with Crippen LogP contribution in [0, 0.1) is 23.7 Å². The number of nitrogens with two attached hydrogens (primary N) is 1. The second-order valence-corrected chi connectivity index (χ2v) is 20.0. The number of aromatic nitrogens is 2. The average Bonchev–Trinajstić information content (AvgIpc) is 3.67. The number of imidazole rings is 1. The maximum atomic E-state index is 7.84. The van der Waals surface area contributed by atoms with E-state index in [1.54, 1.807) is 6.20 Å². The van der Waals surface area contributed by atoms with Crippen molar-refractivity contribution in [2.45, 2.75) is 101 Å². The van der Waals surface area contributed by atoms with Crippen molar-refractivity contribution in [3.05, 3.63) is 18.2 Å². The summed E-state index contributed by atoms with van der Waals surface area (Å²) in [5.74, 6) is 13.7. The first-order valence-corrected chi connectivity index (χ1v) is 26.0. The molecule has 332 valence electrons. The van der Waals surface area contributed by atoms with Crippen molar-refractivity contribution in [2.75, 3.05) is 111 Å². The second kappa shape index (κ2) is 52.7. The highest BCUT2D eigenvalue weighted by Crippen LogP contribution is 2.10. The van der Waals surface area contributed by atoms with E-state index < -0.39 is 0 Å². The number of nitrogens with one attached hydrogen (secondary N) is 1. The molecule has 0 aliphatic carbocycles. The molecule has 0 aliphatic heterocycles. The molecule has 0 atom stereocenters. The lowest BCUT2D eigenvalue weighted by Crippen LogP contribution is -2.05. The number of rotatable bonds is 36. The molecule has 10 nitrogen and oxygen atoms in total. The van der Waals surface area contributed by atoms with Crippen LogP contribution in [0.5, 0.6) is 0 Å². The van der Waals surface area contributed by atoms with Gasteiger partial charge in [-0.2, -0.15) is 47.0 Å². The molecular formula is C40H85N3O7S5. The highest BCUT2D eigenvalue weighted by molar-refractivity contribution is 8.01. The van der Waals surface area contributed by atoms with Gasteiger partial charge in [0.1, 0.15) is 5.82 Å². The van der Waals surface area contributed by atoms with Gasteiger partial charge in [-0.05, 0) is 84.5 Å². The summed E-state index contributed by atoms with van der Waals surface area (Å²) in [6.45, 7) is 27.5. The highest BCUT2D eigenvalue weighted by Gasteiger charge is 1.98. The normalized spacial score (nSPS) is 11.1. The summed E-state index contributed by atoms with van der Waals surface area (Å²) in [5, 5.41) is 11.3. The van der Waals surface area contributed by atoms with Crippen molar-refractivity contribution in [2.24, 2.45) is 29.4 Å². The molecule has 1 aromatic rings. The van der Waals surface area contributed by atoms with E-state index in [2.05, 4.69) is 81.7 Å². The Morgan fingerprint density at radius 1 is 0.600 bits per heavy atom. The number of thioether (sulfide) groups is 4. The summed E-state index contributed by atoms with van der Waals surface area (Å²) >= 11 is 8.86. The SMILES string of the molecule is CC(C)COCCCSCCN.CC(C)COCCCSCCSOOO.CC(C)COCCCSCCc1ncc[nH]1.CCCSCCCOCC(C)C. The molecule has 4 N–H and O–H groups in total. The van der Waals surface area contributed by atoms with E-state index in [1.807, 2.05) is 53.2 Å². The van der Waals surface area contributed by atoms with Crippen LogP contribution in [0.15, 0.2) is 12.4 Å². The zero-order valence-electron chi connectivity index (χ0n) is 36.4. The topological polar surface area (TPSA) is 130 Å². The number of ether oxygens (including phenoxy) is 4. The molecule has 55 heavy (non-hydrogen) atoms. The van der Waals surface area contributed by atoms with Crippen LogP contribution in [0.25, 0.3) is 0 Å². The van der Waals surface area contributed by atoms with Gasteiger partial charge in [0, 0.05) is 113 Å². The second-order valence-electron chi connectivity index (χ2n) is 14.3. The van der Waals surface area contributed by atoms with E-state index in [9.17, 15) is 0 Å². The summed E-state index contributed by atoms with van der Waals surface area (Å²) in [5.41, 5.74) is 5.36. The fourth-order valence-electron chi connectivity index (χ4n) is 3.72. The Morgan fingerprint density at radius 2 is 1.02 bits per heavy atom. The van der Waals surface area contributed by atoms with Gasteiger partial charge in [-0.1, -0.05) is 67.4 Å². The number of H-pyrrole nitrogens is 1. The van der Waals surface area contributed by atoms with Crippen LogP contribution in [-0.2, 0) is 34.7 Å². The van der Waals surface area contributed by atoms with E-state index in [-0.39, 0.29) is 0 Å². The minimum Gasteiger partial charge on any atom is -0.381 e. The molecule has 0 aromatic carbocycles. The van der Waals surface area contributed by atoms with Crippen molar-refractivity contribution in [3.8, 4) is 0 Å². The molecule has 15 heteroatoms. The maximum Gasteiger partial charge on any atom is 0.106 e. The first-order valence-electron chi connectivity index (χ1n) is 20.5. The van der Waals surface area contributed by atoms with Crippen LogP contribution < -0.4 is 5.73 Å². The lowest BCUT2D eigenvalue weighted by atomic mass is 10.2.